The van der Waals surface area contributed by atoms with Crippen LogP contribution in [0.1, 0.15) is 219 Å². The van der Waals surface area contributed by atoms with Crippen LogP contribution in [0.4, 0.5) is 0 Å². The average Bonchev–Trinajstić information content (AvgIpc) is 2.91. The Morgan fingerprint density at radius 3 is 0.579 bits per heavy atom. The zero-order chi connectivity index (χ0) is 26.7. The summed E-state index contributed by atoms with van der Waals surface area (Å²) in [7, 11) is 0. The molecule has 0 aromatic carbocycles. The van der Waals surface area contributed by atoms with Crippen molar-refractivity contribution in [3.63, 3.8) is 0 Å². The SMILES string of the molecule is CCCCCCCCCCCCCCCCCCOCCCCCCCCCCCCCCCCCC.[Na+]. The summed E-state index contributed by atoms with van der Waals surface area (Å²) >= 11 is 0. The van der Waals surface area contributed by atoms with Gasteiger partial charge < -0.3 is 4.74 Å². The van der Waals surface area contributed by atoms with Gasteiger partial charge in [0, 0.05) is 13.2 Å². The minimum atomic E-state index is 0. The van der Waals surface area contributed by atoms with Gasteiger partial charge in [0.05, 0.1) is 0 Å². The van der Waals surface area contributed by atoms with Crippen LogP contribution in [0.25, 0.3) is 0 Å². The Morgan fingerprint density at radius 1 is 0.237 bits per heavy atom. The van der Waals surface area contributed by atoms with Gasteiger partial charge >= 0.3 is 29.6 Å². The Bertz CT molecular complexity index is 338. The van der Waals surface area contributed by atoms with E-state index in [-0.39, 0.29) is 29.6 Å². The van der Waals surface area contributed by atoms with E-state index in [1.807, 2.05) is 0 Å². The molecule has 0 aromatic heterocycles. The number of hydrogen-bond donors (Lipinski definition) is 0. The molecule has 0 N–H and O–H groups in total. The van der Waals surface area contributed by atoms with Gasteiger partial charge in [-0.2, -0.15) is 0 Å². The van der Waals surface area contributed by atoms with Crippen LogP contribution in [0, 0.1) is 0 Å². The number of hydrogen-bond acceptors (Lipinski definition) is 1. The van der Waals surface area contributed by atoms with Crippen LogP contribution < -0.4 is 29.6 Å². The Labute approximate surface area is 265 Å². The van der Waals surface area contributed by atoms with Crippen molar-refractivity contribution in [3.05, 3.63) is 0 Å². The first-order valence-corrected chi connectivity index (χ1v) is 18.0. The van der Waals surface area contributed by atoms with Crippen LogP contribution in [0.15, 0.2) is 0 Å². The standard InChI is InChI=1S/C36H74O.Na/c1-3-5-7-9-11-13-15-17-19-21-23-25-27-29-31-33-35-37-36-34-32-30-28-26-24-22-20-18-16-14-12-10-8-6-4-2;/h3-36H2,1-2H3;/q;+1. The first-order valence-electron chi connectivity index (χ1n) is 18.0. The summed E-state index contributed by atoms with van der Waals surface area (Å²) in [6, 6.07) is 0. The molecule has 0 aliphatic carbocycles. The molecule has 38 heavy (non-hydrogen) atoms. The van der Waals surface area contributed by atoms with Crippen molar-refractivity contribution in [1.29, 1.82) is 0 Å². The van der Waals surface area contributed by atoms with Crippen LogP contribution in [0.5, 0.6) is 0 Å². The molecule has 0 amide bonds. The molecule has 0 radical (unpaired) electrons. The molecule has 224 valence electrons. The van der Waals surface area contributed by atoms with Gasteiger partial charge in [-0.25, -0.2) is 0 Å². The molecule has 0 bridgehead atoms. The average molecular weight is 546 g/mol. The van der Waals surface area contributed by atoms with E-state index in [1.54, 1.807) is 0 Å². The predicted molar refractivity (Wildman–Crippen MR) is 170 cm³/mol. The molecular formula is C36H74NaO+. The van der Waals surface area contributed by atoms with E-state index in [2.05, 4.69) is 13.8 Å². The minimum Gasteiger partial charge on any atom is -0.381 e. The van der Waals surface area contributed by atoms with Gasteiger partial charge in [0.2, 0.25) is 0 Å². The fourth-order valence-corrected chi connectivity index (χ4v) is 5.61. The van der Waals surface area contributed by atoms with Gasteiger partial charge in [0.15, 0.2) is 0 Å². The zero-order valence-electron chi connectivity index (χ0n) is 27.4. The van der Waals surface area contributed by atoms with E-state index in [0.29, 0.717) is 0 Å². The van der Waals surface area contributed by atoms with Gasteiger partial charge in [-0.05, 0) is 12.8 Å². The van der Waals surface area contributed by atoms with Gasteiger partial charge in [-0.15, -0.1) is 0 Å². The maximum absolute atomic E-state index is 5.87. The second kappa shape index (κ2) is 40.1. The van der Waals surface area contributed by atoms with Crippen molar-refractivity contribution in [3.8, 4) is 0 Å². The second-order valence-electron chi connectivity index (χ2n) is 12.2. The minimum absolute atomic E-state index is 0. The third kappa shape index (κ3) is 39.1. The van der Waals surface area contributed by atoms with Crippen LogP contribution in [0.2, 0.25) is 0 Å². The molecular weight excluding hydrogens is 471 g/mol. The predicted octanol–water partition coefficient (Wildman–Crippen LogP) is 10.5. The van der Waals surface area contributed by atoms with E-state index >= 15 is 0 Å². The quantitative estimate of drug-likeness (QED) is 0.0577. The zero-order valence-corrected chi connectivity index (χ0v) is 29.4. The van der Waals surface area contributed by atoms with Crippen molar-refractivity contribution in [1.82, 2.24) is 0 Å². The molecule has 2 heteroatoms. The van der Waals surface area contributed by atoms with Gasteiger partial charge in [-0.1, -0.05) is 206 Å². The summed E-state index contributed by atoms with van der Waals surface area (Å²) < 4.78 is 5.87. The van der Waals surface area contributed by atoms with E-state index in [1.165, 1.54) is 205 Å². The number of rotatable bonds is 34. The molecule has 0 spiro atoms. The third-order valence-corrected chi connectivity index (χ3v) is 8.28. The Balaban J connectivity index is 0. The largest absolute Gasteiger partial charge is 1.00 e. The molecule has 0 fully saturated rings. The van der Waals surface area contributed by atoms with E-state index in [0.717, 1.165) is 13.2 Å². The Kier molecular flexibility index (Phi) is 43.4. The number of unbranched alkanes of at least 4 members (excludes halogenated alkanes) is 30. The Hall–Kier alpha value is 0.960. The summed E-state index contributed by atoms with van der Waals surface area (Å²) in [5.74, 6) is 0. The van der Waals surface area contributed by atoms with Gasteiger partial charge in [0.25, 0.3) is 0 Å². The van der Waals surface area contributed by atoms with Crippen LogP contribution in [-0.4, -0.2) is 13.2 Å². The molecule has 0 heterocycles. The first-order chi connectivity index (χ1) is 18.4. The summed E-state index contributed by atoms with van der Waals surface area (Å²) in [6.07, 6.45) is 46.0. The summed E-state index contributed by atoms with van der Waals surface area (Å²) in [4.78, 5) is 0. The molecule has 0 saturated heterocycles. The van der Waals surface area contributed by atoms with Crippen molar-refractivity contribution in [2.24, 2.45) is 0 Å². The molecule has 0 atom stereocenters. The first kappa shape index (κ1) is 41.1. The van der Waals surface area contributed by atoms with E-state index < -0.39 is 0 Å². The van der Waals surface area contributed by atoms with Gasteiger partial charge in [0.1, 0.15) is 0 Å². The van der Waals surface area contributed by atoms with Crippen LogP contribution >= 0.6 is 0 Å². The van der Waals surface area contributed by atoms with Crippen molar-refractivity contribution < 1.29 is 34.3 Å². The molecule has 0 saturated carbocycles. The third-order valence-electron chi connectivity index (χ3n) is 8.28. The van der Waals surface area contributed by atoms with E-state index in [4.69, 9.17) is 4.74 Å². The summed E-state index contributed by atoms with van der Waals surface area (Å²) in [5.41, 5.74) is 0. The normalized spacial score (nSPS) is 11.2. The maximum atomic E-state index is 5.87. The molecule has 0 aromatic rings. The van der Waals surface area contributed by atoms with Crippen molar-refractivity contribution >= 4 is 0 Å². The molecule has 0 aliphatic heterocycles. The summed E-state index contributed by atoms with van der Waals surface area (Å²) in [5, 5.41) is 0. The van der Waals surface area contributed by atoms with Crippen LogP contribution in [0.3, 0.4) is 0 Å². The monoisotopic (exact) mass is 546 g/mol. The smallest absolute Gasteiger partial charge is 0.381 e. The fourth-order valence-electron chi connectivity index (χ4n) is 5.61. The van der Waals surface area contributed by atoms with Crippen molar-refractivity contribution in [2.45, 2.75) is 219 Å². The van der Waals surface area contributed by atoms with Crippen molar-refractivity contribution in [2.75, 3.05) is 13.2 Å². The van der Waals surface area contributed by atoms with Crippen LogP contribution in [-0.2, 0) is 4.74 Å². The topological polar surface area (TPSA) is 9.23 Å². The fraction of sp³-hybridized carbons (Fsp3) is 1.00. The molecule has 1 nitrogen and oxygen atoms in total. The van der Waals surface area contributed by atoms with E-state index in [9.17, 15) is 0 Å². The second-order valence-corrected chi connectivity index (χ2v) is 12.2. The number of ether oxygens (including phenoxy) is 1. The van der Waals surface area contributed by atoms with Gasteiger partial charge in [-0.3, -0.25) is 0 Å². The Morgan fingerprint density at radius 2 is 0.395 bits per heavy atom. The molecule has 0 aliphatic rings. The molecule has 0 rings (SSSR count). The summed E-state index contributed by atoms with van der Waals surface area (Å²) in [6.45, 7) is 6.60. The maximum Gasteiger partial charge on any atom is 1.00 e. The molecule has 0 unspecified atom stereocenters.